The van der Waals surface area contributed by atoms with Crippen molar-refractivity contribution in [3.8, 4) is 0 Å². The highest BCUT2D eigenvalue weighted by Gasteiger charge is 2.21. The van der Waals surface area contributed by atoms with Gasteiger partial charge in [-0.2, -0.15) is 0 Å². The average Bonchev–Trinajstić information content (AvgIpc) is 2.81. The average molecular weight is 241 g/mol. The third-order valence-corrected chi connectivity index (χ3v) is 2.85. The number of carbonyl (C=O) groups is 1. The zero-order valence-electron chi connectivity index (χ0n) is 8.74. The molecule has 1 aromatic rings. The topological polar surface area (TPSA) is 66.9 Å². The molecule has 1 fully saturated rings. The Morgan fingerprint density at radius 3 is 3.06 bits per heavy atom. The molecule has 1 unspecified atom stereocenters. The maximum atomic E-state index is 11.7. The van der Waals surface area contributed by atoms with Crippen molar-refractivity contribution >= 4 is 17.5 Å². The van der Waals surface area contributed by atoms with E-state index in [-0.39, 0.29) is 11.9 Å². The number of nitrogens with one attached hydrogen (secondary N) is 2. The van der Waals surface area contributed by atoms with Crippen molar-refractivity contribution in [2.24, 2.45) is 0 Å². The molecular formula is C10H13ClN4O. The predicted molar refractivity (Wildman–Crippen MR) is 59.9 cm³/mol. The summed E-state index contributed by atoms with van der Waals surface area (Å²) in [6.45, 7) is 1.23. The van der Waals surface area contributed by atoms with Gasteiger partial charge in [0.2, 0.25) is 5.91 Å². The van der Waals surface area contributed by atoms with Gasteiger partial charge in [0, 0.05) is 12.4 Å². The van der Waals surface area contributed by atoms with Crippen molar-refractivity contribution in [2.45, 2.75) is 25.4 Å². The summed E-state index contributed by atoms with van der Waals surface area (Å²) in [7, 11) is 0. The molecule has 0 spiro atoms. The van der Waals surface area contributed by atoms with Gasteiger partial charge in [-0.3, -0.25) is 9.78 Å². The molecule has 2 N–H and O–H groups in total. The lowest BCUT2D eigenvalue weighted by atomic mass is 10.2. The van der Waals surface area contributed by atoms with Crippen LogP contribution in [-0.4, -0.2) is 28.5 Å². The van der Waals surface area contributed by atoms with Crippen LogP contribution in [0, 0.1) is 0 Å². The van der Waals surface area contributed by atoms with Gasteiger partial charge in [0.05, 0.1) is 18.3 Å². The van der Waals surface area contributed by atoms with Crippen molar-refractivity contribution in [2.75, 3.05) is 6.54 Å². The lowest BCUT2D eigenvalue weighted by Gasteiger charge is -2.10. The van der Waals surface area contributed by atoms with Gasteiger partial charge in [-0.25, -0.2) is 4.98 Å². The van der Waals surface area contributed by atoms with Crippen LogP contribution in [0.4, 0.5) is 0 Å². The first-order valence-electron chi connectivity index (χ1n) is 5.24. The lowest BCUT2D eigenvalue weighted by Crippen LogP contribution is -2.40. The van der Waals surface area contributed by atoms with Gasteiger partial charge in [-0.15, -0.1) is 0 Å². The second kappa shape index (κ2) is 5.23. The highest BCUT2D eigenvalue weighted by molar-refractivity contribution is 6.29. The molecule has 16 heavy (non-hydrogen) atoms. The number of aromatic nitrogens is 2. The molecule has 1 atom stereocenters. The predicted octanol–water partition coefficient (Wildman–Crippen LogP) is 0.498. The summed E-state index contributed by atoms with van der Waals surface area (Å²) >= 11 is 5.83. The number of rotatable bonds is 3. The van der Waals surface area contributed by atoms with E-state index in [2.05, 4.69) is 20.6 Å². The number of hydrogen-bond acceptors (Lipinski definition) is 4. The second-order valence-electron chi connectivity index (χ2n) is 3.66. The molecule has 0 saturated carbocycles. The van der Waals surface area contributed by atoms with E-state index in [4.69, 9.17) is 11.6 Å². The van der Waals surface area contributed by atoms with E-state index in [1.54, 1.807) is 6.20 Å². The van der Waals surface area contributed by atoms with Crippen LogP contribution in [0.25, 0.3) is 0 Å². The fourth-order valence-corrected chi connectivity index (χ4v) is 1.84. The molecule has 2 heterocycles. The van der Waals surface area contributed by atoms with Crippen molar-refractivity contribution < 1.29 is 4.79 Å². The Morgan fingerprint density at radius 1 is 1.56 bits per heavy atom. The van der Waals surface area contributed by atoms with E-state index >= 15 is 0 Å². The van der Waals surface area contributed by atoms with E-state index in [9.17, 15) is 4.79 Å². The summed E-state index contributed by atoms with van der Waals surface area (Å²) < 4.78 is 0. The van der Waals surface area contributed by atoms with Crippen LogP contribution in [-0.2, 0) is 11.3 Å². The molecule has 1 aromatic heterocycles. The molecule has 0 radical (unpaired) electrons. The normalized spacial score (nSPS) is 19.7. The quantitative estimate of drug-likeness (QED) is 0.808. The molecule has 86 valence electrons. The molecule has 5 nitrogen and oxygen atoms in total. The molecule has 0 aliphatic carbocycles. The van der Waals surface area contributed by atoms with Crippen molar-refractivity contribution in [1.29, 1.82) is 0 Å². The minimum absolute atomic E-state index is 0.000722. The summed E-state index contributed by atoms with van der Waals surface area (Å²) in [5.74, 6) is -0.000722. The first kappa shape index (κ1) is 11.3. The first-order chi connectivity index (χ1) is 7.77. The molecule has 6 heteroatoms. The fourth-order valence-electron chi connectivity index (χ4n) is 1.67. The third kappa shape index (κ3) is 2.68. The molecule has 1 aliphatic heterocycles. The summed E-state index contributed by atoms with van der Waals surface area (Å²) in [4.78, 5) is 19.6. The maximum Gasteiger partial charge on any atom is 0.237 e. The van der Waals surface area contributed by atoms with Gasteiger partial charge >= 0.3 is 0 Å². The number of amides is 1. The molecule has 2 rings (SSSR count). The van der Waals surface area contributed by atoms with Crippen LogP contribution < -0.4 is 10.6 Å². The Morgan fingerprint density at radius 2 is 2.38 bits per heavy atom. The van der Waals surface area contributed by atoms with Gasteiger partial charge in [0.1, 0.15) is 0 Å². The SMILES string of the molecule is O=C(NCc1nccnc1Cl)C1CCCN1. The van der Waals surface area contributed by atoms with Crippen LogP contribution in [0.2, 0.25) is 5.15 Å². The standard InChI is InChI=1S/C10H13ClN4O/c11-9-8(13-4-5-14-9)6-15-10(16)7-2-1-3-12-7/h4-5,7,12H,1-3,6H2,(H,15,16). The number of carbonyl (C=O) groups excluding carboxylic acids is 1. The minimum Gasteiger partial charge on any atom is -0.349 e. The Balaban J connectivity index is 1.87. The summed E-state index contributed by atoms with van der Waals surface area (Å²) in [5.41, 5.74) is 0.593. The molecule has 0 bridgehead atoms. The van der Waals surface area contributed by atoms with Crippen LogP contribution in [0.5, 0.6) is 0 Å². The Labute approximate surface area is 98.6 Å². The Kier molecular flexibility index (Phi) is 3.69. The van der Waals surface area contributed by atoms with E-state index in [1.807, 2.05) is 0 Å². The zero-order valence-corrected chi connectivity index (χ0v) is 9.50. The molecule has 1 aliphatic rings. The monoisotopic (exact) mass is 240 g/mol. The van der Waals surface area contributed by atoms with Crippen LogP contribution in [0.3, 0.4) is 0 Å². The van der Waals surface area contributed by atoms with Crippen LogP contribution in [0.15, 0.2) is 12.4 Å². The van der Waals surface area contributed by atoms with E-state index in [0.717, 1.165) is 19.4 Å². The van der Waals surface area contributed by atoms with Crippen molar-refractivity contribution in [3.05, 3.63) is 23.2 Å². The highest BCUT2D eigenvalue weighted by Crippen LogP contribution is 2.09. The summed E-state index contributed by atoms with van der Waals surface area (Å²) in [5, 5.41) is 6.25. The number of halogens is 1. The zero-order chi connectivity index (χ0) is 11.4. The summed E-state index contributed by atoms with van der Waals surface area (Å²) in [6, 6.07) is -0.0737. The molecule has 1 saturated heterocycles. The van der Waals surface area contributed by atoms with Gasteiger partial charge in [0.25, 0.3) is 0 Å². The van der Waals surface area contributed by atoms with E-state index < -0.39 is 0 Å². The maximum absolute atomic E-state index is 11.7. The second-order valence-corrected chi connectivity index (χ2v) is 4.02. The van der Waals surface area contributed by atoms with Gasteiger partial charge in [0.15, 0.2) is 5.15 Å². The molecular weight excluding hydrogens is 228 g/mol. The van der Waals surface area contributed by atoms with Crippen LogP contribution in [0.1, 0.15) is 18.5 Å². The lowest BCUT2D eigenvalue weighted by molar-refractivity contribution is -0.122. The summed E-state index contributed by atoms with van der Waals surface area (Å²) in [6.07, 6.45) is 5.01. The fraction of sp³-hybridized carbons (Fsp3) is 0.500. The molecule has 0 aromatic carbocycles. The van der Waals surface area contributed by atoms with Crippen molar-refractivity contribution in [3.63, 3.8) is 0 Å². The van der Waals surface area contributed by atoms with Gasteiger partial charge in [-0.1, -0.05) is 11.6 Å². The third-order valence-electron chi connectivity index (χ3n) is 2.53. The smallest absolute Gasteiger partial charge is 0.237 e. The van der Waals surface area contributed by atoms with E-state index in [1.165, 1.54) is 6.20 Å². The highest BCUT2D eigenvalue weighted by atomic mass is 35.5. The van der Waals surface area contributed by atoms with E-state index in [0.29, 0.717) is 17.4 Å². The first-order valence-corrected chi connectivity index (χ1v) is 5.61. The minimum atomic E-state index is -0.0737. The van der Waals surface area contributed by atoms with Gasteiger partial charge < -0.3 is 10.6 Å². The number of nitrogens with zero attached hydrogens (tertiary/aromatic N) is 2. The Bertz CT molecular complexity index is 379. The van der Waals surface area contributed by atoms with Crippen molar-refractivity contribution in [1.82, 2.24) is 20.6 Å². The Hall–Kier alpha value is -1.20. The van der Waals surface area contributed by atoms with Crippen LogP contribution >= 0.6 is 11.6 Å². The van der Waals surface area contributed by atoms with Gasteiger partial charge in [-0.05, 0) is 19.4 Å². The number of hydrogen-bond donors (Lipinski definition) is 2. The molecule has 1 amide bonds. The largest absolute Gasteiger partial charge is 0.349 e.